The van der Waals surface area contributed by atoms with Gasteiger partial charge in [0.15, 0.2) is 0 Å². The van der Waals surface area contributed by atoms with Crippen molar-refractivity contribution in [2.24, 2.45) is 10.9 Å². The molecule has 5 rings (SSSR count). The molecule has 1 aromatic heterocycles. The van der Waals surface area contributed by atoms with E-state index in [2.05, 4.69) is 10.1 Å². The van der Waals surface area contributed by atoms with Gasteiger partial charge in [-0.25, -0.2) is 4.79 Å². The Balaban J connectivity index is 1.35. The summed E-state index contributed by atoms with van der Waals surface area (Å²) in [5.41, 5.74) is 8.63. The van der Waals surface area contributed by atoms with Gasteiger partial charge in [-0.1, -0.05) is 69.8 Å². The van der Waals surface area contributed by atoms with Crippen LogP contribution in [0.25, 0.3) is 11.0 Å². The van der Waals surface area contributed by atoms with Gasteiger partial charge in [-0.2, -0.15) is 0 Å². The number of primary amides is 1. The van der Waals surface area contributed by atoms with Gasteiger partial charge < -0.3 is 20.4 Å². The van der Waals surface area contributed by atoms with Gasteiger partial charge in [0.2, 0.25) is 5.91 Å². The Morgan fingerprint density at radius 2 is 1.65 bits per heavy atom. The quantitative estimate of drug-likeness (QED) is 0.118. The maximum Gasteiger partial charge on any atom is 0.329 e. The predicted octanol–water partition coefficient (Wildman–Crippen LogP) is 6.88. The van der Waals surface area contributed by atoms with Crippen molar-refractivity contribution in [3.8, 4) is 0 Å². The molecule has 3 aromatic carbocycles. The number of carbonyl (C=O) groups excluding carboxylic acids is 2. The van der Waals surface area contributed by atoms with Crippen molar-refractivity contribution in [3.05, 3.63) is 102 Å². The van der Waals surface area contributed by atoms with E-state index in [1.807, 2.05) is 43.3 Å². The third kappa shape index (κ3) is 8.61. The molecule has 10 nitrogen and oxygen atoms in total. The molecule has 14 heteroatoms. The first-order valence-electron chi connectivity index (χ1n) is 16.0. The number of imidazole rings is 1. The van der Waals surface area contributed by atoms with E-state index in [0.29, 0.717) is 56.4 Å². The molecule has 4 aromatic rings. The van der Waals surface area contributed by atoms with E-state index in [0.717, 1.165) is 37.0 Å². The van der Waals surface area contributed by atoms with Gasteiger partial charge in [-0.05, 0) is 80.8 Å². The first kappa shape index (κ1) is 36.7. The number of oxime groups is 1. The van der Waals surface area contributed by atoms with Crippen LogP contribution in [0.15, 0.2) is 70.6 Å². The lowest BCUT2D eigenvalue weighted by Gasteiger charge is -2.34. The molecular formula is C35H38Cl4N6O4. The molecule has 1 aliphatic heterocycles. The van der Waals surface area contributed by atoms with E-state index in [4.69, 9.17) is 57.0 Å². The summed E-state index contributed by atoms with van der Waals surface area (Å²) in [5, 5.41) is 6.03. The number of aromatic nitrogens is 2. The number of nitrogens with zero attached hydrogens (tertiary/aromatic N) is 5. The summed E-state index contributed by atoms with van der Waals surface area (Å²) in [6.45, 7) is 4.55. The third-order valence-electron chi connectivity index (χ3n) is 8.93. The number of benzene rings is 3. The van der Waals surface area contributed by atoms with E-state index in [1.54, 1.807) is 33.7 Å². The zero-order chi connectivity index (χ0) is 35.2. The maximum atomic E-state index is 13.6. The van der Waals surface area contributed by atoms with Crippen LogP contribution in [0.4, 0.5) is 0 Å². The van der Waals surface area contributed by atoms with Crippen LogP contribution >= 0.6 is 46.4 Å². The lowest BCUT2D eigenvalue weighted by molar-refractivity contribution is -0.118. The number of carbonyl (C=O) groups is 2. The van der Waals surface area contributed by atoms with Gasteiger partial charge >= 0.3 is 5.69 Å². The van der Waals surface area contributed by atoms with Gasteiger partial charge in [0.1, 0.15) is 13.7 Å². The summed E-state index contributed by atoms with van der Waals surface area (Å²) in [6, 6.07) is 17.7. The molecule has 1 fully saturated rings. The van der Waals surface area contributed by atoms with E-state index < -0.39 is 5.91 Å². The highest BCUT2D eigenvalue weighted by molar-refractivity contribution is 6.42. The zero-order valence-corrected chi connectivity index (χ0v) is 30.3. The normalized spacial score (nSPS) is 15.0. The van der Waals surface area contributed by atoms with Crippen LogP contribution in [-0.2, 0) is 16.2 Å². The van der Waals surface area contributed by atoms with Crippen LogP contribution in [0.3, 0.4) is 0 Å². The van der Waals surface area contributed by atoms with E-state index in [1.165, 1.54) is 11.7 Å². The summed E-state index contributed by atoms with van der Waals surface area (Å²) in [4.78, 5) is 48.2. The lowest BCUT2D eigenvalue weighted by atomic mass is 9.89. The highest BCUT2D eigenvalue weighted by atomic mass is 35.5. The number of likely N-dealkylation sites (tertiary alicyclic amines) is 1. The fourth-order valence-electron chi connectivity index (χ4n) is 6.56. The summed E-state index contributed by atoms with van der Waals surface area (Å²) in [7, 11) is 1.48. The van der Waals surface area contributed by atoms with Crippen LogP contribution in [0.2, 0.25) is 20.1 Å². The van der Waals surface area contributed by atoms with Gasteiger partial charge in [0.25, 0.3) is 5.91 Å². The van der Waals surface area contributed by atoms with Crippen molar-refractivity contribution in [1.29, 1.82) is 0 Å². The van der Waals surface area contributed by atoms with E-state index in [9.17, 15) is 14.4 Å². The highest BCUT2D eigenvalue weighted by Gasteiger charge is 2.29. The number of hydrogen-bond donors (Lipinski definition) is 1. The van der Waals surface area contributed by atoms with Crippen LogP contribution in [0.5, 0.6) is 0 Å². The number of nitrogens with two attached hydrogens (primary N) is 1. The second kappa shape index (κ2) is 16.4. The number of rotatable bonds is 13. The fourth-order valence-corrected chi connectivity index (χ4v) is 7.40. The standard InChI is InChI=1S/C35H38Cl4N6O4/c1-3-43(34(47)23-16-24(36)19-25(37)17-23)20-30(41-49-2)27(22-8-9-28(38)29(39)18-22)12-15-42-13-10-26(11-14-42)45-32-7-5-4-6-31(32)44(35(45)48)21-33(40)46/h4-9,16-19,26-27H,3,10-15,20-21H2,1-2H3,(H2,40,46)/b41-30+/t27-/m1/s1. The first-order valence-corrected chi connectivity index (χ1v) is 17.5. The van der Waals surface area contributed by atoms with Gasteiger partial charge in [-0.15, -0.1) is 0 Å². The van der Waals surface area contributed by atoms with Crippen molar-refractivity contribution in [1.82, 2.24) is 18.9 Å². The topological polar surface area (TPSA) is 115 Å². The average molecular weight is 749 g/mol. The predicted molar refractivity (Wildman–Crippen MR) is 196 cm³/mol. The van der Waals surface area contributed by atoms with Crippen molar-refractivity contribution in [2.45, 2.75) is 44.7 Å². The second-order valence-electron chi connectivity index (χ2n) is 12.0. The van der Waals surface area contributed by atoms with Crippen LogP contribution in [0, 0.1) is 0 Å². The highest BCUT2D eigenvalue weighted by Crippen LogP contribution is 2.32. The number of hydrogen-bond acceptors (Lipinski definition) is 6. The zero-order valence-electron chi connectivity index (χ0n) is 27.3. The molecular weight excluding hydrogens is 710 g/mol. The third-order valence-corrected chi connectivity index (χ3v) is 10.1. The minimum atomic E-state index is -0.562. The number of para-hydroxylation sites is 2. The Kier molecular flexibility index (Phi) is 12.3. The second-order valence-corrected chi connectivity index (χ2v) is 13.7. The Hall–Kier alpha value is -3.54. The van der Waals surface area contributed by atoms with Crippen LogP contribution < -0.4 is 11.4 Å². The number of amides is 2. The molecule has 0 saturated carbocycles. The molecule has 2 N–H and O–H groups in total. The molecule has 1 atom stereocenters. The van der Waals surface area contributed by atoms with Crippen molar-refractivity contribution >= 4 is 75.0 Å². The molecule has 260 valence electrons. The van der Waals surface area contributed by atoms with Gasteiger partial charge in [0, 0.05) is 47.2 Å². The Morgan fingerprint density at radius 3 is 2.27 bits per heavy atom. The summed E-state index contributed by atoms with van der Waals surface area (Å²) in [6.07, 6.45) is 2.15. The Labute approximate surface area is 304 Å². The van der Waals surface area contributed by atoms with Crippen molar-refractivity contribution < 1.29 is 14.4 Å². The van der Waals surface area contributed by atoms with Crippen molar-refractivity contribution in [2.75, 3.05) is 39.8 Å². The molecule has 0 bridgehead atoms. The van der Waals surface area contributed by atoms with Gasteiger partial charge in [-0.3, -0.25) is 18.7 Å². The number of fused-ring (bicyclic) bond motifs is 1. The molecule has 49 heavy (non-hydrogen) atoms. The monoisotopic (exact) mass is 746 g/mol. The van der Waals surface area contributed by atoms with Gasteiger partial charge in [0.05, 0.1) is 33.3 Å². The lowest BCUT2D eigenvalue weighted by Crippen LogP contribution is -2.40. The molecule has 2 amide bonds. The summed E-state index contributed by atoms with van der Waals surface area (Å²) < 4.78 is 3.26. The Morgan fingerprint density at radius 1 is 0.980 bits per heavy atom. The minimum Gasteiger partial charge on any atom is -0.399 e. The van der Waals surface area contributed by atoms with Crippen LogP contribution in [0.1, 0.15) is 54.1 Å². The number of piperidine rings is 1. The van der Waals surface area contributed by atoms with Crippen molar-refractivity contribution in [3.63, 3.8) is 0 Å². The van der Waals surface area contributed by atoms with Crippen LogP contribution in [-0.4, -0.2) is 76.3 Å². The molecule has 0 radical (unpaired) electrons. The molecule has 1 aliphatic rings. The summed E-state index contributed by atoms with van der Waals surface area (Å²) in [5.74, 6) is -1.06. The fraction of sp³-hybridized carbons (Fsp3) is 0.371. The first-order chi connectivity index (χ1) is 23.5. The minimum absolute atomic E-state index is 0.0246. The van der Waals surface area contributed by atoms with E-state index >= 15 is 0 Å². The van der Waals surface area contributed by atoms with E-state index in [-0.39, 0.29) is 36.6 Å². The SMILES string of the molecule is CCN(C/C(=N\OC)[C@H](CCN1CCC(n2c(=O)n(CC(N)=O)c3ccccc32)CC1)c1ccc(Cl)c(Cl)c1)C(=O)c1cc(Cl)cc(Cl)c1. The Bertz CT molecular complexity index is 1900. The maximum absolute atomic E-state index is 13.6. The summed E-state index contributed by atoms with van der Waals surface area (Å²) >= 11 is 25.2. The number of halogens is 4. The molecule has 0 aliphatic carbocycles. The molecule has 0 spiro atoms. The smallest absolute Gasteiger partial charge is 0.329 e. The molecule has 0 unspecified atom stereocenters. The average Bonchev–Trinajstić information content (AvgIpc) is 3.34. The largest absolute Gasteiger partial charge is 0.399 e. The molecule has 1 saturated heterocycles. The molecule has 2 heterocycles.